The molecule has 19 heavy (non-hydrogen) atoms. The Balaban J connectivity index is 2.19. The third-order valence-corrected chi connectivity index (χ3v) is 3.37. The smallest absolute Gasteiger partial charge is 0.392 e. The van der Waals surface area contributed by atoms with E-state index in [1.807, 2.05) is 0 Å². The number of anilines is 1. The molecule has 1 fully saturated rings. The van der Waals surface area contributed by atoms with Gasteiger partial charge in [0, 0.05) is 18.8 Å². The van der Waals surface area contributed by atoms with E-state index in [-0.39, 0.29) is 19.6 Å². The molecule has 0 saturated carbocycles. The minimum Gasteiger partial charge on any atom is -0.392 e. The molecule has 1 N–H and O–H groups in total. The quantitative estimate of drug-likeness (QED) is 0.840. The monoisotopic (exact) mass is 277 g/mol. The van der Waals surface area contributed by atoms with Crippen LogP contribution in [0.3, 0.4) is 0 Å². The Hall–Kier alpha value is -1.30. The predicted octanol–water partition coefficient (Wildman–Crippen LogP) is 3.10. The summed E-state index contributed by atoms with van der Waals surface area (Å²) in [6.45, 7) is -0.0139. The normalized spacial score (nSPS) is 20.7. The molecule has 1 saturated heterocycles. The molecule has 0 aliphatic carbocycles. The van der Waals surface area contributed by atoms with Crippen molar-refractivity contribution in [1.82, 2.24) is 0 Å². The molecular weight excluding hydrogens is 262 g/mol. The molecule has 1 aromatic carbocycles. The lowest BCUT2D eigenvalue weighted by Crippen LogP contribution is -2.41. The molecule has 0 spiro atoms. The van der Waals surface area contributed by atoms with Crippen LogP contribution < -0.4 is 4.90 Å². The zero-order chi connectivity index (χ0) is 14.0. The van der Waals surface area contributed by atoms with Crippen molar-refractivity contribution < 1.29 is 22.7 Å². The van der Waals surface area contributed by atoms with Crippen LogP contribution in [-0.4, -0.2) is 24.4 Å². The topological polar surface area (TPSA) is 23.5 Å². The number of aliphatic hydroxyl groups excluding tert-OH is 1. The Morgan fingerprint density at radius 1 is 1.26 bits per heavy atom. The third-order valence-electron chi connectivity index (χ3n) is 3.37. The molecule has 2 rings (SSSR count). The molecule has 2 nitrogen and oxygen atoms in total. The molecule has 0 amide bonds. The molecule has 0 radical (unpaired) electrons. The first kappa shape index (κ1) is 14.1. The number of aliphatic hydroxyl groups is 1. The van der Waals surface area contributed by atoms with Gasteiger partial charge in [0.2, 0.25) is 0 Å². The zero-order valence-corrected chi connectivity index (χ0v) is 10.3. The molecule has 1 heterocycles. The molecule has 1 unspecified atom stereocenters. The first-order valence-corrected chi connectivity index (χ1v) is 6.12. The SMILES string of the molecule is OCc1cc(F)cc(N2CCCC(C(F)(F)F)C2)c1. The summed E-state index contributed by atoms with van der Waals surface area (Å²) in [5.74, 6) is -1.92. The van der Waals surface area contributed by atoms with Crippen molar-refractivity contribution in [3.05, 3.63) is 29.6 Å². The van der Waals surface area contributed by atoms with Crippen molar-refractivity contribution in [3.63, 3.8) is 0 Å². The standard InChI is InChI=1S/C13H15F4NO/c14-11-4-9(8-19)5-12(6-11)18-3-1-2-10(7-18)13(15,16)17/h4-6,10,19H,1-3,7-8H2. The van der Waals surface area contributed by atoms with Crippen molar-refractivity contribution >= 4 is 5.69 Å². The van der Waals surface area contributed by atoms with E-state index < -0.39 is 17.9 Å². The van der Waals surface area contributed by atoms with Gasteiger partial charge in [-0.3, -0.25) is 0 Å². The van der Waals surface area contributed by atoms with E-state index in [0.717, 1.165) is 0 Å². The van der Waals surface area contributed by atoms with E-state index >= 15 is 0 Å². The first-order chi connectivity index (χ1) is 8.90. The summed E-state index contributed by atoms with van der Waals surface area (Å²) in [4.78, 5) is 1.53. The van der Waals surface area contributed by atoms with Gasteiger partial charge in [0.05, 0.1) is 12.5 Å². The van der Waals surface area contributed by atoms with E-state index in [4.69, 9.17) is 5.11 Å². The summed E-state index contributed by atoms with van der Waals surface area (Å²) >= 11 is 0. The summed E-state index contributed by atoms with van der Waals surface area (Å²) in [6, 6.07) is 3.91. The molecule has 1 atom stereocenters. The number of benzene rings is 1. The fourth-order valence-corrected chi connectivity index (χ4v) is 2.39. The van der Waals surface area contributed by atoms with Crippen LogP contribution in [0, 0.1) is 11.7 Å². The predicted molar refractivity (Wildman–Crippen MR) is 63.3 cm³/mol. The summed E-state index contributed by atoms with van der Waals surface area (Å²) in [5.41, 5.74) is 0.766. The number of rotatable bonds is 2. The minimum atomic E-state index is -4.22. The van der Waals surface area contributed by atoms with Gasteiger partial charge >= 0.3 is 6.18 Å². The average Bonchev–Trinajstić information content (AvgIpc) is 2.37. The molecule has 1 aliphatic rings. The van der Waals surface area contributed by atoms with Crippen LogP contribution in [0.15, 0.2) is 18.2 Å². The average molecular weight is 277 g/mol. The number of piperidine rings is 1. The van der Waals surface area contributed by atoms with Crippen LogP contribution in [0.4, 0.5) is 23.2 Å². The van der Waals surface area contributed by atoms with Crippen molar-refractivity contribution in [3.8, 4) is 0 Å². The maximum atomic E-state index is 13.3. The molecule has 1 aliphatic heterocycles. The summed E-state index contributed by atoms with van der Waals surface area (Å²) in [6.07, 6.45) is -3.68. The van der Waals surface area contributed by atoms with Gasteiger partial charge in [-0.15, -0.1) is 0 Å². The third kappa shape index (κ3) is 3.37. The van der Waals surface area contributed by atoms with Crippen molar-refractivity contribution in [2.45, 2.75) is 25.6 Å². The zero-order valence-electron chi connectivity index (χ0n) is 10.3. The highest BCUT2D eigenvalue weighted by Gasteiger charge is 2.41. The lowest BCUT2D eigenvalue weighted by Gasteiger charge is -2.35. The number of halogens is 4. The number of hydrogen-bond donors (Lipinski definition) is 1. The van der Waals surface area contributed by atoms with Gasteiger partial charge in [-0.1, -0.05) is 0 Å². The molecule has 6 heteroatoms. The second-order valence-corrected chi connectivity index (χ2v) is 4.80. The molecular formula is C13H15F4NO. The van der Waals surface area contributed by atoms with Crippen LogP contribution in [0.1, 0.15) is 18.4 Å². The lowest BCUT2D eigenvalue weighted by atomic mass is 9.97. The van der Waals surface area contributed by atoms with Crippen LogP contribution in [0.25, 0.3) is 0 Å². The van der Waals surface area contributed by atoms with Gasteiger partial charge in [-0.2, -0.15) is 13.2 Å². The van der Waals surface area contributed by atoms with Crippen molar-refractivity contribution in [1.29, 1.82) is 0 Å². The Morgan fingerprint density at radius 2 is 2.00 bits per heavy atom. The van der Waals surface area contributed by atoms with Gasteiger partial charge in [-0.25, -0.2) is 4.39 Å². The second-order valence-electron chi connectivity index (χ2n) is 4.80. The summed E-state index contributed by atoms with van der Waals surface area (Å²) in [5, 5.41) is 9.00. The highest BCUT2D eigenvalue weighted by Crippen LogP contribution is 2.35. The van der Waals surface area contributed by atoms with E-state index in [2.05, 4.69) is 0 Å². The van der Waals surface area contributed by atoms with Gasteiger partial charge in [0.1, 0.15) is 5.82 Å². The van der Waals surface area contributed by atoms with Crippen molar-refractivity contribution in [2.24, 2.45) is 5.92 Å². The Bertz CT molecular complexity index is 447. The molecule has 106 valence electrons. The van der Waals surface area contributed by atoms with Crippen LogP contribution in [0.2, 0.25) is 0 Å². The highest BCUT2D eigenvalue weighted by molar-refractivity contribution is 5.49. The van der Waals surface area contributed by atoms with E-state index in [0.29, 0.717) is 24.2 Å². The molecule has 0 aromatic heterocycles. The second kappa shape index (κ2) is 5.36. The molecule has 0 bridgehead atoms. The Morgan fingerprint density at radius 3 is 2.63 bits per heavy atom. The van der Waals surface area contributed by atoms with Gasteiger partial charge < -0.3 is 10.0 Å². The maximum absolute atomic E-state index is 13.3. The van der Waals surface area contributed by atoms with Crippen molar-refractivity contribution in [2.75, 3.05) is 18.0 Å². The van der Waals surface area contributed by atoms with E-state index in [1.165, 1.54) is 23.1 Å². The Kier molecular flexibility index (Phi) is 3.99. The molecule has 1 aromatic rings. The number of nitrogens with zero attached hydrogens (tertiary/aromatic N) is 1. The summed E-state index contributed by atoms with van der Waals surface area (Å²) in [7, 11) is 0. The van der Waals surface area contributed by atoms with Gasteiger partial charge in [0.25, 0.3) is 0 Å². The van der Waals surface area contributed by atoms with Crippen LogP contribution in [0.5, 0.6) is 0 Å². The first-order valence-electron chi connectivity index (χ1n) is 6.12. The van der Waals surface area contributed by atoms with Gasteiger partial charge in [-0.05, 0) is 36.6 Å². The van der Waals surface area contributed by atoms with E-state index in [1.54, 1.807) is 0 Å². The van der Waals surface area contributed by atoms with E-state index in [9.17, 15) is 17.6 Å². The Labute approximate surface area is 108 Å². The maximum Gasteiger partial charge on any atom is 0.393 e. The number of alkyl halides is 3. The lowest BCUT2D eigenvalue weighted by molar-refractivity contribution is -0.175. The van der Waals surface area contributed by atoms with Gasteiger partial charge in [0.15, 0.2) is 0 Å². The highest BCUT2D eigenvalue weighted by atomic mass is 19.4. The van der Waals surface area contributed by atoms with Crippen LogP contribution >= 0.6 is 0 Å². The largest absolute Gasteiger partial charge is 0.393 e. The fraction of sp³-hybridized carbons (Fsp3) is 0.538. The fourth-order valence-electron chi connectivity index (χ4n) is 2.39. The number of hydrogen-bond acceptors (Lipinski definition) is 2. The minimum absolute atomic E-state index is 0.113. The summed E-state index contributed by atoms with van der Waals surface area (Å²) < 4.78 is 51.5. The van der Waals surface area contributed by atoms with Crippen LogP contribution in [-0.2, 0) is 6.61 Å².